The van der Waals surface area contributed by atoms with Crippen molar-refractivity contribution in [2.45, 2.75) is 135 Å². The second-order valence-corrected chi connectivity index (χ2v) is 12.8. The Morgan fingerprint density at radius 1 is 0.674 bits per heavy atom. The van der Waals surface area contributed by atoms with Gasteiger partial charge in [0.25, 0.3) is 0 Å². The fourth-order valence-electron chi connectivity index (χ4n) is 4.37. The van der Waals surface area contributed by atoms with Gasteiger partial charge in [-0.3, -0.25) is 9.59 Å². The molecule has 0 aliphatic carbocycles. The van der Waals surface area contributed by atoms with Crippen molar-refractivity contribution in [3.63, 3.8) is 0 Å². The Balaban J connectivity index is 4.55. The molecule has 0 aromatic carbocycles. The third-order valence-electron chi connectivity index (χ3n) is 7.15. The van der Waals surface area contributed by atoms with Gasteiger partial charge in [-0.05, 0) is 44.9 Å². The molecule has 2 unspecified atom stereocenters. The van der Waals surface area contributed by atoms with Gasteiger partial charge in [0, 0.05) is 12.8 Å². The SMILES string of the molecule is CC/C=C\C/C=C\C/C=C\CCCCCCCC(=O)OC(COC(=O)CCCCCCCC)COC(OCC[N+](C)(C)C)C(=O)[O-]. The molecular weight excluding hydrogens is 586 g/mol. The van der Waals surface area contributed by atoms with Crippen LogP contribution in [0.3, 0.4) is 0 Å². The molecular formula is C37H65NO8. The van der Waals surface area contributed by atoms with Gasteiger partial charge in [-0.2, -0.15) is 0 Å². The van der Waals surface area contributed by atoms with Gasteiger partial charge in [-0.1, -0.05) is 102 Å². The van der Waals surface area contributed by atoms with E-state index in [0.29, 0.717) is 17.4 Å². The number of ether oxygens (including phenoxy) is 4. The molecule has 2 atom stereocenters. The van der Waals surface area contributed by atoms with E-state index in [9.17, 15) is 19.5 Å². The molecule has 0 heterocycles. The van der Waals surface area contributed by atoms with E-state index in [2.05, 4.69) is 50.3 Å². The lowest BCUT2D eigenvalue weighted by Crippen LogP contribution is -2.44. The van der Waals surface area contributed by atoms with Crippen LogP contribution in [0.1, 0.15) is 123 Å². The predicted molar refractivity (Wildman–Crippen MR) is 182 cm³/mol. The largest absolute Gasteiger partial charge is 0.545 e. The topological polar surface area (TPSA) is 111 Å². The number of hydrogen-bond donors (Lipinski definition) is 0. The minimum atomic E-state index is -1.62. The first-order chi connectivity index (χ1) is 22.1. The zero-order valence-corrected chi connectivity index (χ0v) is 29.7. The maximum atomic E-state index is 12.6. The first kappa shape index (κ1) is 43.5. The summed E-state index contributed by atoms with van der Waals surface area (Å²) in [5.74, 6) is -2.33. The minimum absolute atomic E-state index is 0.144. The number of aliphatic carboxylic acids is 1. The van der Waals surface area contributed by atoms with Gasteiger partial charge in [0.1, 0.15) is 13.2 Å². The highest BCUT2D eigenvalue weighted by Gasteiger charge is 2.21. The maximum Gasteiger partial charge on any atom is 0.306 e. The summed E-state index contributed by atoms with van der Waals surface area (Å²) >= 11 is 0. The summed E-state index contributed by atoms with van der Waals surface area (Å²) in [6.45, 7) is 4.50. The molecule has 0 radical (unpaired) electrons. The molecule has 0 saturated heterocycles. The zero-order chi connectivity index (χ0) is 34.3. The molecule has 0 saturated carbocycles. The third-order valence-corrected chi connectivity index (χ3v) is 7.15. The van der Waals surface area contributed by atoms with Crippen LogP contribution in [0.5, 0.6) is 0 Å². The van der Waals surface area contributed by atoms with Crippen molar-refractivity contribution in [2.75, 3.05) is 47.5 Å². The van der Waals surface area contributed by atoms with Crippen molar-refractivity contribution in [1.29, 1.82) is 0 Å². The van der Waals surface area contributed by atoms with Crippen molar-refractivity contribution >= 4 is 17.9 Å². The average Bonchev–Trinajstić information content (AvgIpc) is 3.00. The smallest absolute Gasteiger partial charge is 0.306 e. The van der Waals surface area contributed by atoms with Crippen LogP contribution in [-0.4, -0.2) is 82.3 Å². The molecule has 0 spiro atoms. The monoisotopic (exact) mass is 651 g/mol. The molecule has 0 aromatic heterocycles. The standard InChI is InChI=1S/C37H65NO8/c1-6-8-10-12-14-15-16-17-18-19-20-21-22-24-26-28-35(40)46-33(31-44-34(39)27-25-23-13-11-9-7-2)32-45-37(36(41)42)43-30-29-38(3,4)5/h8,10,14-15,17-18,33,37H,6-7,9,11-13,16,19-32H2,1-5H3/b10-8-,15-14-,18-17-. The highest BCUT2D eigenvalue weighted by Crippen LogP contribution is 2.11. The van der Waals surface area contributed by atoms with Crippen LogP contribution in [0, 0.1) is 0 Å². The van der Waals surface area contributed by atoms with Crippen LogP contribution < -0.4 is 5.11 Å². The van der Waals surface area contributed by atoms with E-state index in [1.54, 1.807) is 0 Å². The van der Waals surface area contributed by atoms with Crippen LogP contribution in [0.2, 0.25) is 0 Å². The fourth-order valence-corrected chi connectivity index (χ4v) is 4.37. The second-order valence-electron chi connectivity index (χ2n) is 12.8. The molecule has 46 heavy (non-hydrogen) atoms. The first-order valence-corrected chi connectivity index (χ1v) is 17.6. The number of carboxylic acid groups (broad SMARTS) is 1. The van der Waals surface area contributed by atoms with E-state index in [-0.39, 0.29) is 38.6 Å². The molecule has 0 amide bonds. The maximum absolute atomic E-state index is 12.6. The van der Waals surface area contributed by atoms with Crippen molar-refractivity contribution < 1.29 is 42.9 Å². The van der Waals surface area contributed by atoms with E-state index in [4.69, 9.17) is 18.9 Å². The van der Waals surface area contributed by atoms with Gasteiger partial charge in [0.2, 0.25) is 0 Å². The highest BCUT2D eigenvalue weighted by molar-refractivity contribution is 5.70. The quantitative estimate of drug-likeness (QED) is 0.0271. The van der Waals surface area contributed by atoms with Gasteiger partial charge in [-0.25, -0.2) is 0 Å². The van der Waals surface area contributed by atoms with Crippen LogP contribution >= 0.6 is 0 Å². The number of hydrogen-bond acceptors (Lipinski definition) is 8. The van der Waals surface area contributed by atoms with Crippen molar-refractivity contribution in [3.05, 3.63) is 36.5 Å². The Morgan fingerprint density at radius 2 is 1.24 bits per heavy atom. The van der Waals surface area contributed by atoms with Crippen LogP contribution in [-0.2, 0) is 33.3 Å². The lowest BCUT2D eigenvalue weighted by molar-refractivity contribution is -0.870. The minimum Gasteiger partial charge on any atom is -0.545 e. The average molecular weight is 652 g/mol. The molecule has 0 aromatic rings. The van der Waals surface area contributed by atoms with Gasteiger partial charge in [0.15, 0.2) is 12.4 Å². The van der Waals surface area contributed by atoms with E-state index in [1.165, 1.54) is 6.42 Å². The van der Waals surface area contributed by atoms with E-state index in [0.717, 1.165) is 83.5 Å². The summed E-state index contributed by atoms with van der Waals surface area (Å²) in [5.41, 5.74) is 0. The van der Waals surface area contributed by atoms with E-state index >= 15 is 0 Å². The third kappa shape index (κ3) is 30.2. The normalized spacial score (nSPS) is 13.5. The Bertz CT molecular complexity index is 862. The van der Waals surface area contributed by atoms with E-state index < -0.39 is 24.3 Å². The number of carbonyl (C=O) groups is 3. The number of carbonyl (C=O) groups excluding carboxylic acids is 3. The molecule has 9 nitrogen and oxygen atoms in total. The number of likely N-dealkylation sites (N-methyl/N-ethyl adjacent to an activating group) is 1. The molecule has 0 bridgehead atoms. The molecule has 0 aliphatic heterocycles. The highest BCUT2D eigenvalue weighted by atomic mass is 16.7. The Labute approximate surface area is 280 Å². The summed E-state index contributed by atoms with van der Waals surface area (Å²) < 4.78 is 22.3. The summed E-state index contributed by atoms with van der Waals surface area (Å²) in [4.78, 5) is 36.4. The summed E-state index contributed by atoms with van der Waals surface area (Å²) in [6.07, 6.45) is 26.3. The van der Waals surface area contributed by atoms with Gasteiger partial charge in [0.05, 0.1) is 40.3 Å². The van der Waals surface area contributed by atoms with Crippen LogP contribution in [0.4, 0.5) is 0 Å². The van der Waals surface area contributed by atoms with Crippen LogP contribution in [0.15, 0.2) is 36.5 Å². The Hall–Kier alpha value is -2.49. The number of esters is 2. The lowest BCUT2D eigenvalue weighted by atomic mass is 10.1. The van der Waals surface area contributed by atoms with Crippen LogP contribution in [0.25, 0.3) is 0 Å². The molecule has 0 aliphatic rings. The number of allylic oxidation sites excluding steroid dienone is 6. The van der Waals surface area contributed by atoms with Gasteiger partial charge < -0.3 is 33.3 Å². The number of carboxylic acids is 1. The number of nitrogens with zero attached hydrogens (tertiary/aromatic N) is 1. The Morgan fingerprint density at radius 3 is 1.85 bits per heavy atom. The summed E-state index contributed by atoms with van der Waals surface area (Å²) in [7, 11) is 5.87. The molecule has 266 valence electrons. The lowest BCUT2D eigenvalue weighted by Gasteiger charge is -2.26. The Kier molecular flexibility index (Phi) is 28.3. The molecule has 0 fully saturated rings. The number of quaternary nitrogens is 1. The van der Waals surface area contributed by atoms with Gasteiger partial charge in [-0.15, -0.1) is 0 Å². The molecule has 9 heteroatoms. The van der Waals surface area contributed by atoms with E-state index in [1.807, 2.05) is 21.1 Å². The number of unbranched alkanes of at least 4 members (excludes halogenated alkanes) is 10. The van der Waals surface area contributed by atoms with Crippen molar-refractivity contribution in [3.8, 4) is 0 Å². The fraction of sp³-hybridized carbons (Fsp3) is 0.757. The first-order valence-electron chi connectivity index (χ1n) is 17.6. The zero-order valence-electron chi connectivity index (χ0n) is 29.7. The number of rotatable bonds is 31. The molecule has 0 rings (SSSR count). The van der Waals surface area contributed by atoms with Gasteiger partial charge >= 0.3 is 11.9 Å². The second kappa shape index (κ2) is 29.9. The summed E-state index contributed by atoms with van der Waals surface area (Å²) in [6, 6.07) is 0. The van der Waals surface area contributed by atoms with Crippen molar-refractivity contribution in [2.24, 2.45) is 0 Å². The van der Waals surface area contributed by atoms with Crippen molar-refractivity contribution in [1.82, 2.24) is 0 Å². The molecule has 0 N–H and O–H groups in total. The summed E-state index contributed by atoms with van der Waals surface area (Å²) in [5, 5.41) is 11.6. The predicted octanol–water partition coefficient (Wildman–Crippen LogP) is 6.60.